The van der Waals surface area contributed by atoms with E-state index in [0.717, 1.165) is 50.2 Å². The smallest absolute Gasteiger partial charge is 0.303 e. The van der Waals surface area contributed by atoms with Crippen LogP contribution in [0.4, 0.5) is 5.69 Å². The van der Waals surface area contributed by atoms with Crippen LogP contribution in [0.1, 0.15) is 52.0 Å². The van der Waals surface area contributed by atoms with Crippen LogP contribution in [-0.2, 0) is 19.7 Å². The Labute approximate surface area is 209 Å². The second-order valence-corrected chi connectivity index (χ2v) is 10.8. The first-order valence-electron chi connectivity index (χ1n) is 13.1. The minimum Gasteiger partial charge on any atom is -0.497 e. The third-order valence-electron chi connectivity index (χ3n) is 9.19. The van der Waals surface area contributed by atoms with Gasteiger partial charge in [-0.1, -0.05) is 38.5 Å². The molecule has 1 aliphatic carbocycles. The van der Waals surface area contributed by atoms with Crippen molar-refractivity contribution in [2.45, 2.75) is 75.7 Å². The van der Waals surface area contributed by atoms with Crippen LogP contribution in [0, 0.1) is 5.41 Å². The molecule has 2 fully saturated rings. The first-order chi connectivity index (χ1) is 16.8. The van der Waals surface area contributed by atoms with Gasteiger partial charge in [0.05, 0.1) is 19.8 Å². The minimum absolute atomic E-state index is 0.104. The molecule has 6 atom stereocenters. The second kappa shape index (κ2) is 8.79. The number of carbonyl (C=O) groups is 1. The Kier molecular flexibility index (Phi) is 6.17. The Morgan fingerprint density at radius 2 is 2.06 bits per heavy atom. The first kappa shape index (κ1) is 24.6. The average Bonchev–Trinajstić information content (AvgIpc) is 3.36. The molecule has 2 unspecified atom stereocenters. The SMILES string of the molecule is CCCCOC[C@@]1(O)[C@H](OC(C)=O)C2(CC)C=CCN3CC[C@@]4(c5ccc(OC)cc5N(C)[C@@H]14)C32. The topological polar surface area (TPSA) is 71.5 Å². The summed E-state index contributed by atoms with van der Waals surface area (Å²) in [5, 5.41) is 12.8. The molecule has 0 bridgehead atoms. The minimum atomic E-state index is -1.40. The highest BCUT2D eigenvalue weighted by Gasteiger charge is 2.77. The number of rotatable bonds is 8. The molecule has 1 saturated carbocycles. The number of hydrogen-bond acceptors (Lipinski definition) is 7. The van der Waals surface area contributed by atoms with Crippen LogP contribution < -0.4 is 9.64 Å². The van der Waals surface area contributed by atoms with Gasteiger partial charge in [0.1, 0.15) is 17.5 Å². The number of fused-ring (bicyclic) bond motifs is 1. The Balaban J connectivity index is 1.75. The van der Waals surface area contributed by atoms with E-state index < -0.39 is 17.1 Å². The number of ether oxygens (including phenoxy) is 3. The van der Waals surface area contributed by atoms with Crippen LogP contribution in [0.5, 0.6) is 5.75 Å². The monoisotopic (exact) mass is 484 g/mol. The molecule has 1 aromatic carbocycles. The first-order valence-corrected chi connectivity index (χ1v) is 13.1. The molecular formula is C28H40N2O5. The lowest BCUT2D eigenvalue weighted by molar-refractivity contribution is -0.233. The molecule has 0 aromatic heterocycles. The van der Waals surface area contributed by atoms with E-state index in [4.69, 9.17) is 14.2 Å². The van der Waals surface area contributed by atoms with Gasteiger partial charge in [0, 0.05) is 55.7 Å². The van der Waals surface area contributed by atoms with E-state index in [1.165, 1.54) is 12.5 Å². The summed E-state index contributed by atoms with van der Waals surface area (Å²) < 4.78 is 17.9. The summed E-state index contributed by atoms with van der Waals surface area (Å²) in [4.78, 5) is 17.3. The molecule has 192 valence electrons. The summed E-state index contributed by atoms with van der Waals surface area (Å²) in [6, 6.07) is 6.11. The highest BCUT2D eigenvalue weighted by Crippen LogP contribution is 2.67. The summed E-state index contributed by atoms with van der Waals surface area (Å²) in [7, 11) is 3.74. The van der Waals surface area contributed by atoms with Crippen LogP contribution in [0.3, 0.4) is 0 Å². The zero-order valence-corrected chi connectivity index (χ0v) is 21.8. The molecule has 3 aliphatic heterocycles. The Morgan fingerprint density at radius 3 is 2.74 bits per heavy atom. The number of aliphatic hydroxyl groups is 1. The van der Waals surface area contributed by atoms with Crippen molar-refractivity contribution in [1.82, 2.24) is 4.90 Å². The fraction of sp³-hybridized carbons (Fsp3) is 0.679. The molecule has 1 aromatic rings. The Bertz CT molecular complexity index is 1010. The fourth-order valence-electron chi connectivity index (χ4n) is 8.09. The van der Waals surface area contributed by atoms with Crippen molar-refractivity contribution in [3.8, 4) is 5.75 Å². The predicted octanol–water partition coefficient (Wildman–Crippen LogP) is 3.29. The number of hydrogen-bond donors (Lipinski definition) is 1. The number of esters is 1. The zero-order chi connectivity index (χ0) is 25.0. The molecule has 1 spiro atoms. The largest absolute Gasteiger partial charge is 0.497 e. The maximum absolute atomic E-state index is 12.8. The molecule has 1 N–H and O–H groups in total. The number of benzene rings is 1. The maximum atomic E-state index is 12.8. The van der Waals surface area contributed by atoms with Crippen LogP contribution >= 0.6 is 0 Å². The van der Waals surface area contributed by atoms with Gasteiger partial charge in [0.25, 0.3) is 0 Å². The lowest BCUT2D eigenvalue weighted by Gasteiger charge is -2.64. The van der Waals surface area contributed by atoms with E-state index in [1.807, 2.05) is 6.07 Å². The number of anilines is 1. The number of unbranched alkanes of at least 4 members (excludes halogenated alkanes) is 1. The van der Waals surface area contributed by atoms with Crippen LogP contribution in [-0.4, -0.2) is 80.2 Å². The summed E-state index contributed by atoms with van der Waals surface area (Å²) >= 11 is 0. The van der Waals surface area contributed by atoms with Gasteiger partial charge in [0.15, 0.2) is 0 Å². The van der Waals surface area contributed by atoms with E-state index >= 15 is 0 Å². The maximum Gasteiger partial charge on any atom is 0.303 e. The molecule has 4 aliphatic rings. The van der Waals surface area contributed by atoms with Crippen molar-refractivity contribution in [3.05, 3.63) is 35.9 Å². The fourth-order valence-corrected chi connectivity index (χ4v) is 8.09. The normalized spacial score (nSPS) is 37.1. The molecular weight excluding hydrogens is 444 g/mol. The summed E-state index contributed by atoms with van der Waals surface area (Å²) in [6.07, 6.45) is 7.34. The summed E-state index contributed by atoms with van der Waals surface area (Å²) in [5.41, 5.74) is 0.0783. The van der Waals surface area contributed by atoms with Crippen LogP contribution in [0.15, 0.2) is 30.4 Å². The molecule has 7 heteroatoms. The highest BCUT2D eigenvalue weighted by atomic mass is 16.6. The Morgan fingerprint density at radius 1 is 1.26 bits per heavy atom. The molecule has 35 heavy (non-hydrogen) atoms. The van der Waals surface area contributed by atoms with Gasteiger partial charge in [-0.3, -0.25) is 9.69 Å². The quantitative estimate of drug-likeness (QED) is 0.345. The second-order valence-electron chi connectivity index (χ2n) is 10.8. The number of carbonyl (C=O) groups excluding carboxylic acids is 1. The van der Waals surface area contributed by atoms with Crippen LogP contribution in [0.25, 0.3) is 0 Å². The van der Waals surface area contributed by atoms with Gasteiger partial charge < -0.3 is 24.2 Å². The summed E-state index contributed by atoms with van der Waals surface area (Å²) in [6.45, 7) is 8.22. The number of methoxy groups -OCH3 is 1. The summed E-state index contributed by atoms with van der Waals surface area (Å²) in [5.74, 6) is 0.427. The van der Waals surface area contributed by atoms with Gasteiger partial charge in [0.2, 0.25) is 0 Å². The van der Waals surface area contributed by atoms with Crippen molar-refractivity contribution in [1.29, 1.82) is 0 Å². The van der Waals surface area contributed by atoms with Gasteiger partial charge >= 0.3 is 5.97 Å². The standard InChI is InChI=1S/C28H40N2O5/c1-6-8-16-34-18-28(32)24-27(21-11-10-20(33-5)17-22(21)29(24)4)13-15-30-14-9-12-26(7-2,23(27)30)25(28)35-19(3)31/h9-12,17,23-25,32H,6-8,13-16,18H2,1-5H3/t23?,24-,25-,26?,27-,28+/m1/s1. The van der Waals surface area contributed by atoms with E-state index in [1.54, 1.807) is 7.11 Å². The van der Waals surface area contributed by atoms with E-state index in [-0.39, 0.29) is 30.1 Å². The molecule has 0 radical (unpaired) electrons. The molecule has 7 nitrogen and oxygen atoms in total. The van der Waals surface area contributed by atoms with Gasteiger partial charge in [-0.05, 0) is 37.4 Å². The molecule has 3 heterocycles. The van der Waals surface area contributed by atoms with Crippen molar-refractivity contribution in [2.24, 2.45) is 5.41 Å². The van der Waals surface area contributed by atoms with E-state index in [9.17, 15) is 9.90 Å². The van der Waals surface area contributed by atoms with Crippen molar-refractivity contribution >= 4 is 11.7 Å². The zero-order valence-electron chi connectivity index (χ0n) is 21.8. The van der Waals surface area contributed by atoms with Crippen molar-refractivity contribution < 1.29 is 24.1 Å². The lowest BCUT2D eigenvalue weighted by Crippen LogP contribution is -2.80. The van der Waals surface area contributed by atoms with Gasteiger partial charge in [-0.25, -0.2) is 0 Å². The molecule has 0 amide bonds. The van der Waals surface area contributed by atoms with Gasteiger partial charge in [-0.2, -0.15) is 0 Å². The van der Waals surface area contributed by atoms with E-state index in [2.05, 4.69) is 55.0 Å². The van der Waals surface area contributed by atoms with Gasteiger partial charge in [-0.15, -0.1) is 0 Å². The van der Waals surface area contributed by atoms with Crippen molar-refractivity contribution in [2.75, 3.05) is 45.4 Å². The lowest BCUT2D eigenvalue weighted by atomic mass is 9.48. The van der Waals surface area contributed by atoms with Crippen LogP contribution in [0.2, 0.25) is 0 Å². The third kappa shape index (κ3) is 3.24. The van der Waals surface area contributed by atoms with E-state index in [0.29, 0.717) is 6.61 Å². The molecule has 5 rings (SSSR count). The third-order valence-corrected chi connectivity index (χ3v) is 9.19. The Hall–Kier alpha value is -2.09. The van der Waals surface area contributed by atoms with Crippen molar-refractivity contribution in [3.63, 3.8) is 0 Å². The predicted molar refractivity (Wildman–Crippen MR) is 135 cm³/mol. The number of likely N-dealkylation sites (N-methyl/N-ethyl adjacent to an activating group) is 1. The average molecular weight is 485 g/mol. The molecule has 1 saturated heterocycles. The highest BCUT2D eigenvalue weighted by molar-refractivity contribution is 5.71. The number of nitrogens with zero attached hydrogens (tertiary/aromatic N) is 2.